The highest BCUT2D eigenvalue weighted by atomic mass is 32.1. The maximum Gasteiger partial charge on any atom is 0.0956 e. The Hall–Kier alpha value is -0.930. The van der Waals surface area contributed by atoms with E-state index >= 15 is 0 Å². The van der Waals surface area contributed by atoms with Crippen molar-refractivity contribution in [3.63, 3.8) is 0 Å². The van der Waals surface area contributed by atoms with Gasteiger partial charge in [-0.25, -0.2) is 4.98 Å². The first-order chi connectivity index (χ1) is 7.65. The fourth-order valence-corrected chi connectivity index (χ4v) is 3.48. The van der Waals surface area contributed by atoms with E-state index in [0.717, 1.165) is 24.8 Å². The van der Waals surface area contributed by atoms with E-state index in [1.165, 1.54) is 21.7 Å². The van der Waals surface area contributed by atoms with E-state index in [2.05, 4.69) is 30.1 Å². The molecule has 2 aromatic rings. The number of hydrogen-bond donors (Lipinski definition) is 1. The van der Waals surface area contributed by atoms with Crippen molar-refractivity contribution in [2.75, 3.05) is 0 Å². The molecular formula is C13H16N2S. The van der Waals surface area contributed by atoms with E-state index in [-0.39, 0.29) is 5.54 Å². The molecule has 0 unspecified atom stereocenters. The lowest BCUT2D eigenvalue weighted by molar-refractivity contribution is 0.247. The molecule has 1 aliphatic carbocycles. The molecule has 3 heteroatoms. The predicted octanol–water partition coefficient (Wildman–Crippen LogP) is 3.03. The van der Waals surface area contributed by atoms with Crippen molar-refractivity contribution < 1.29 is 0 Å². The topological polar surface area (TPSA) is 38.9 Å². The van der Waals surface area contributed by atoms with Gasteiger partial charge in [0.05, 0.1) is 15.2 Å². The maximum absolute atomic E-state index is 6.25. The van der Waals surface area contributed by atoms with Crippen LogP contribution in [0.4, 0.5) is 0 Å². The SMILES string of the molecule is Cc1ccc2nc(CC3(N)CCC3)sc2c1. The second-order valence-corrected chi connectivity index (χ2v) is 6.09. The molecule has 2 nitrogen and oxygen atoms in total. The molecule has 0 spiro atoms. The average molecular weight is 232 g/mol. The van der Waals surface area contributed by atoms with Gasteiger partial charge in [0.15, 0.2) is 0 Å². The highest BCUT2D eigenvalue weighted by Gasteiger charge is 2.33. The van der Waals surface area contributed by atoms with Crippen LogP contribution >= 0.6 is 11.3 Å². The molecule has 0 atom stereocenters. The first kappa shape index (κ1) is 10.2. The number of fused-ring (bicyclic) bond motifs is 1. The summed E-state index contributed by atoms with van der Waals surface area (Å²) in [6.07, 6.45) is 4.54. The number of hydrogen-bond acceptors (Lipinski definition) is 3. The van der Waals surface area contributed by atoms with E-state index in [1.807, 2.05) is 0 Å². The second kappa shape index (κ2) is 3.54. The molecule has 16 heavy (non-hydrogen) atoms. The molecule has 0 bridgehead atoms. The summed E-state index contributed by atoms with van der Waals surface area (Å²) in [7, 11) is 0. The number of aryl methyl sites for hydroxylation is 1. The quantitative estimate of drug-likeness (QED) is 0.864. The largest absolute Gasteiger partial charge is 0.325 e. The third kappa shape index (κ3) is 1.74. The van der Waals surface area contributed by atoms with Crippen LogP contribution in [0.25, 0.3) is 10.2 Å². The molecule has 2 N–H and O–H groups in total. The van der Waals surface area contributed by atoms with Gasteiger partial charge in [0, 0.05) is 12.0 Å². The van der Waals surface area contributed by atoms with Crippen molar-refractivity contribution >= 4 is 21.6 Å². The highest BCUT2D eigenvalue weighted by Crippen LogP contribution is 2.34. The predicted molar refractivity (Wildman–Crippen MR) is 68.8 cm³/mol. The molecule has 1 aliphatic rings. The van der Waals surface area contributed by atoms with Gasteiger partial charge in [-0.2, -0.15) is 0 Å². The lowest BCUT2D eigenvalue weighted by Gasteiger charge is -2.37. The van der Waals surface area contributed by atoms with Gasteiger partial charge < -0.3 is 5.73 Å². The van der Waals surface area contributed by atoms with Crippen molar-refractivity contribution in [2.45, 2.75) is 38.1 Å². The van der Waals surface area contributed by atoms with E-state index in [1.54, 1.807) is 11.3 Å². The normalized spacial score (nSPS) is 18.6. The molecule has 3 rings (SSSR count). The van der Waals surface area contributed by atoms with Crippen LogP contribution in [0.3, 0.4) is 0 Å². The first-order valence-corrected chi connectivity index (χ1v) is 6.61. The Morgan fingerprint density at radius 1 is 1.44 bits per heavy atom. The van der Waals surface area contributed by atoms with Gasteiger partial charge in [-0.3, -0.25) is 0 Å². The van der Waals surface area contributed by atoms with Crippen molar-refractivity contribution in [1.29, 1.82) is 0 Å². The Morgan fingerprint density at radius 2 is 2.25 bits per heavy atom. The summed E-state index contributed by atoms with van der Waals surface area (Å²) in [5.74, 6) is 0. The van der Waals surface area contributed by atoms with Crippen LogP contribution in [0.2, 0.25) is 0 Å². The number of nitrogens with two attached hydrogens (primary N) is 1. The van der Waals surface area contributed by atoms with Gasteiger partial charge >= 0.3 is 0 Å². The monoisotopic (exact) mass is 232 g/mol. The smallest absolute Gasteiger partial charge is 0.0956 e. The zero-order chi connectivity index (χ0) is 11.2. The van der Waals surface area contributed by atoms with E-state index in [9.17, 15) is 0 Å². The summed E-state index contributed by atoms with van der Waals surface area (Å²) in [5.41, 5.74) is 8.72. The summed E-state index contributed by atoms with van der Waals surface area (Å²) in [6, 6.07) is 6.43. The summed E-state index contributed by atoms with van der Waals surface area (Å²) >= 11 is 1.80. The molecule has 0 saturated heterocycles. The van der Waals surface area contributed by atoms with Crippen LogP contribution in [-0.4, -0.2) is 10.5 Å². The fourth-order valence-electron chi connectivity index (χ4n) is 2.26. The summed E-state index contributed by atoms with van der Waals surface area (Å²) in [4.78, 5) is 4.66. The standard InChI is InChI=1S/C13H16N2S/c1-9-3-4-10-11(7-9)16-12(15-10)8-13(14)5-2-6-13/h3-4,7H,2,5-6,8,14H2,1H3. The minimum absolute atomic E-state index is 0.0446. The highest BCUT2D eigenvalue weighted by molar-refractivity contribution is 7.18. The molecule has 1 saturated carbocycles. The minimum Gasteiger partial charge on any atom is -0.325 e. The van der Waals surface area contributed by atoms with E-state index in [4.69, 9.17) is 5.73 Å². The molecule has 0 amide bonds. The first-order valence-electron chi connectivity index (χ1n) is 5.80. The van der Waals surface area contributed by atoms with Crippen LogP contribution in [0.1, 0.15) is 29.8 Å². The van der Waals surface area contributed by atoms with Gasteiger partial charge in [-0.15, -0.1) is 11.3 Å². The maximum atomic E-state index is 6.25. The third-order valence-electron chi connectivity index (χ3n) is 3.44. The zero-order valence-corrected chi connectivity index (χ0v) is 10.3. The van der Waals surface area contributed by atoms with Crippen LogP contribution in [-0.2, 0) is 6.42 Å². The van der Waals surface area contributed by atoms with Crippen LogP contribution in [0.5, 0.6) is 0 Å². The Kier molecular flexibility index (Phi) is 2.26. The van der Waals surface area contributed by atoms with Crippen molar-refractivity contribution in [3.8, 4) is 0 Å². The van der Waals surface area contributed by atoms with Crippen LogP contribution in [0.15, 0.2) is 18.2 Å². The summed E-state index contributed by atoms with van der Waals surface area (Å²) < 4.78 is 1.29. The number of thiazole rings is 1. The lowest BCUT2D eigenvalue weighted by atomic mass is 9.75. The van der Waals surface area contributed by atoms with Crippen LogP contribution < -0.4 is 5.73 Å². The summed E-state index contributed by atoms with van der Waals surface area (Å²) in [5, 5.41) is 1.20. The molecule has 84 valence electrons. The molecule has 1 fully saturated rings. The van der Waals surface area contributed by atoms with Crippen molar-refractivity contribution in [2.24, 2.45) is 5.73 Å². The Labute approximate surface area is 99.5 Å². The van der Waals surface area contributed by atoms with E-state index < -0.39 is 0 Å². The second-order valence-electron chi connectivity index (χ2n) is 4.97. The van der Waals surface area contributed by atoms with Crippen molar-refractivity contribution in [1.82, 2.24) is 4.98 Å². The molecule has 1 aromatic heterocycles. The van der Waals surface area contributed by atoms with Gasteiger partial charge in [-0.05, 0) is 43.9 Å². The number of nitrogens with zero attached hydrogens (tertiary/aromatic N) is 1. The molecule has 1 aromatic carbocycles. The molecule has 0 aliphatic heterocycles. The van der Waals surface area contributed by atoms with Gasteiger partial charge in [0.2, 0.25) is 0 Å². The Bertz CT molecular complexity index is 526. The lowest BCUT2D eigenvalue weighted by Crippen LogP contribution is -2.48. The van der Waals surface area contributed by atoms with Gasteiger partial charge in [-0.1, -0.05) is 6.07 Å². The molecule has 1 heterocycles. The number of aromatic nitrogens is 1. The average Bonchev–Trinajstić information content (AvgIpc) is 2.56. The minimum atomic E-state index is 0.0446. The van der Waals surface area contributed by atoms with Gasteiger partial charge in [0.25, 0.3) is 0 Å². The Balaban J connectivity index is 1.93. The van der Waals surface area contributed by atoms with E-state index in [0.29, 0.717) is 0 Å². The number of benzene rings is 1. The summed E-state index contributed by atoms with van der Waals surface area (Å²) in [6.45, 7) is 2.12. The van der Waals surface area contributed by atoms with Crippen LogP contribution in [0, 0.1) is 6.92 Å². The zero-order valence-electron chi connectivity index (χ0n) is 9.49. The third-order valence-corrected chi connectivity index (χ3v) is 4.46. The van der Waals surface area contributed by atoms with Crippen molar-refractivity contribution in [3.05, 3.63) is 28.8 Å². The van der Waals surface area contributed by atoms with Gasteiger partial charge in [0.1, 0.15) is 0 Å². The Morgan fingerprint density at radius 3 is 2.94 bits per heavy atom. The molecular weight excluding hydrogens is 216 g/mol. The fraction of sp³-hybridized carbons (Fsp3) is 0.462. The number of rotatable bonds is 2. The molecule has 0 radical (unpaired) electrons.